The summed E-state index contributed by atoms with van der Waals surface area (Å²) < 4.78 is 7.98. The van der Waals surface area contributed by atoms with Gasteiger partial charge >= 0.3 is 6.03 Å². The van der Waals surface area contributed by atoms with Crippen LogP contribution in [0.25, 0.3) is 16.8 Å². The second-order valence-corrected chi connectivity index (χ2v) is 8.96. The molecule has 3 aromatic carbocycles. The third-order valence-electron chi connectivity index (χ3n) is 4.61. The summed E-state index contributed by atoms with van der Waals surface area (Å²) in [6.45, 7) is 0.469. The van der Waals surface area contributed by atoms with Crippen molar-refractivity contribution in [2.75, 3.05) is 7.05 Å². The van der Waals surface area contributed by atoms with Gasteiger partial charge in [-0.15, -0.1) is 0 Å². The van der Waals surface area contributed by atoms with E-state index in [0.29, 0.717) is 6.61 Å². The van der Waals surface area contributed by atoms with Crippen LogP contribution in [-0.4, -0.2) is 23.9 Å². The molecule has 146 valence electrons. The number of fused-ring (bicyclic) bond motifs is 1. The highest BCUT2D eigenvalue weighted by Gasteiger charge is 2.30. The molecule has 4 rings (SSSR count). The van der Waals surface area contributed by atoms with Gasteiger partial charge in [0.25, 0.3) is 5.91 Å². The summed E-state index contributed by atoms with van der Waals surface area (Å²) in [7, 11) is 1.45. The lowest BCUT2D eigenvalue weighted by Crippen LogP contribution is -2.25. The standard InChI is InChI=1S/C22H16I2N2O3/c1-26-21(27)19(25-22(26)28)11-14-9-17(23)20(18(24)10-14)29-12-13-6-7-15-4-2-3-5-16(15)8-13/h2-11H,12H2,1H3,(H,25,28)/b19-11+. The second-order valence-electron chi connectivity index (χ2n) is 6.64. The van der Waals surface area contributed by atoms with Gasteiger partial charge in [0.15, 0.2) is 0 Å². The number of hydrogen-bond donors (Lipinski definition) is 1. The summed E-state index contributed by atoms with van der Waals surface area (Å²) in [5, 5.41) is 4.97. The Kier molecular flexibility index (Phi) is 5.77. The van der Waals surface area contributed by atoms with Crippen molar-refractivity contribution >= 4 is 74.0 Å². The topological polar surface area (TPSA) is 58.6 Å². The zero-order valence-corrected chi connectivity index (χ0v) is 19.7. The number of hydrogen-bond acceptors (Lipinski definition) is 3. The van der Waals surface area contributed by atoms with E-state index in [1.54, 1.807) is 6.08 Å². The number of carbonyl (C=O) groups excluding carboxylic acids is 2. The Labute approximate surface area is 195 Å². The van der Waals surface area contributed by atoms with Crippen molar-refractivity contribution in [3.05, 3.63) is 78.6 Å². The first-order valence-electron chi connectivity index (χ1n) is 8.82. The van der Waals surface area contributed by atoms with Gasteiger partial charge in [-0.1, -0.05) is 36.4 Å². The van der Waals surface area contributed by atoms with Gasteiger partial charge in [-0.2, -0.15) is 0 Å². The normalized spacial score (nSPS) is 15.3. The van der Waals surface area contributed by atoms with E-state index >= 15 is 0 Å². The van der Waals surface area contributed by atoms with E-state index in [2.05, 4.69) is 80.8 Å². The third kappa shape index (κ3) is 4.25. The van der Waals surface area contributed by atoms with E-state index in [9.17, 15) is 9.59 Å². The number of urea groups is 1. The summed E-state index contributed by atoms with van der Waals surface area (Å²) in [6, 6.07) is 18.0. The van der Waals surface area contributed by atoms with Gasteiger partial charge in [0, 0.05) is 7.05 Å². The molecule has 1 fully saturated rings. The number of nitrogens with zero attached hydrogens (tertiary/aromatic N) is 1. The number of imide groups is 1. The maximum absolute atomic E-state index is 12.1. The van der Waals surface area contributed by atoms with E-state index in [0.717, 1.165) is 28.9 Å². The maximum Gasteiger partial charge on any atom is 0.328 e. The van der Waals surface area contributed by atoms with Gasteiger partial charge in [0.05, 0.1) is 7.14 Å². The summed E-state index contributed by atoms with van der Waals surface area (Å²) in [5.41, 5.74) is 2.20. The minimum absolute atomic E-state index is 0.272. The van der Waals surface area contributed by atoms with Crippen molar-refractivity contribution in [1.29, 1.82) is 0 Å². The predicted octanol–water partition coefficient (Wildman–Crippen LogP) is 5.15. The molecule has 0 atom stereocenters. The highest BCUT2D eigenvalue weighted by atomic mass is 127. The van der Waals surface area contributed by atoms with Crippen molar-refractivity contribution in [3.8, 4) is 5.75 Å². The number of ether oxygens (including phenoxy) is 1. The molecule has 0 spiro atoms. The van der Waals surface area contributed by atoms with Gasteiger partial charge in [-0.3, -0.25) is 9.69 Å². The van der Waals surface area contributed by atoms with Crippen LogP contribution in [-0.2, 0) is 11.4 Å². The number of rotatable bonds is 4. The largest absolute Gasteiger partial charge is 0.487 e. The molecule has 0 aliphatic carbocycles. The molecule has 0 aromatic heterocycles. The Hall–Kier alpha value is -2.14. The molecule has 3 amide bonds. The summed E-state index contributed by atoms with van der Waals surface area (Å²) in [4.78, 5) is 24.7. The van der Waals surface area contributed by atoms with Crippen LogP contribution in [0, 0.1) is 7.14 Å². The minimum Gasteiger partial charge on any atom is -0.487 e. The number of nitrogens with one attached hydrogen (secondary N) is 1. The van der Waals surface area contributed by atoms with Crippen molar-refractivity contribution < 1.29 is 14.3 Å². The van der Waals surface area contributed by atoms with Crippen LogP contribution < -0.4 is 10.1 Å². The van der Waals surface area contributed by atoms with E-state index in [-0.39, 0.29) is 11.6 Å². The zero-order chi connectivity index (χ0) is 20.5. The Morgan fingerprint density at radius 3 is 2.34 bits per heavy atom. The molecule has 0 unspecified atom stereocenters. The first kappa shape index (κ1) is 20.1. The Morgan fingerprint density at radius 2 is 1.69 bits per heavy atom. The fraction of sp³-hybridized carbons (Fsp3) is 0.0909. The first-order valence-corrected chi connectivity index (χ1v) is 11.0. The van der Waals surface area contributed by atoms with Crippen LogP contribution >= 0.6 is 45.2 Å². The number of halogens is 2. The van der Waals surface area contributed by atoms with E-state index in [1.807, 2.05) is 24.3 Å². The minimum atomic E-state index is -0.416. The van der Waals surface area contributed by atoms with Gasteiger partial charge in [-0.25, -0.2) is 4.79 Å². The first-order chi connectivity index (χ1) is 13.9. The molecule has 1 aliphatic rings. The monoisotopic (exact) mass is 610 g/mol. The van der Waals surface area contributed by atoms with Gasteiger partial charge in [-0.05, 0) is 91.4 Å². The maximum atomic E-state index is 12.1. The second kappa shape index (κ2) is 8.31. The van der Waals surface area contributed by atoms with Crippen molar-refractivity contribution in [2.45, 2.75) is 6.61 Å². The van der Waals surface area contributed by atoms with Crippen LogP contribution in [0.4, 0.5) is 4.79 Å². The Bertz CT molecular complexity index is 1150. The molecule has 5 nitrogen and oxygen atoms in total. The van der Waals surface area contributed by atoms with Crippen molar-refractivity contribution in [3.63, 3.8) is 0 Å². The molecule has 1 N–H and O–H groups in total. The van der Waals surface area contributed by atoms with Crippen LogP contribution in [0.1, 0.15) is 11.1 Å². The van der Waals surface area contributed by atoms with Crippen molar-refractivity contribution in [2.24, 2.45) is 0 Å². The molecule has 0 radical (unpaired) electrons. The zero-order valence-electron chi connectivity index (χ0n) is 15.4. The average Bonchev–Trinajstić information content (AvgIpc) is 2.94. The molecule has 3 aromatic rings. The SMILES string of the molecule is CN1C(=O)N/C(=C/c2cc(I)c(OCc3ccc4ccccc4c3)c(I)c2)C1=O. The Balaban J connectivity index is 1.54. The summed E-state index contributed by atoms with van der Waals surface area (Å²) >= 11 is 4.45. The van der Waals surface area contributed by atoms with Crippen LogP contribution in [0.2, 0.25) is 0 Å². The lowest BCUT2D eigenvalue weighted by atomic mass is 10.1. The molecule has 1 aliphatic heterocycles. The molecule has 1 heterocycles. The average molecular weight is 610 g/mol. The van der Waals surface area contributed by atoms with Crippen LogP contribution in [0.3, 0.4) is 0 Å². The lowest BCUT2D eigenvalue weighted by molar-refractivity contribution is -0.121. The summed E-state index contributed by atoms with van der Waals surface area (Å²) in [5.74, 6) is 0.469. The molecular weight excluding hydrogens is 594 g/mol. The van der Waals surface area contributed by atoms with E-state index in [4.69, 9.17) is 4.74 Å². The number of carbonyl (C=O) groups is 2. The molecular formula is C22H16I2N2O3. The van der Waals surface area contributed by atoms with E-state index in [1.165, 1.54) is 17.8 Å². The molecule has 0 saturated carbocycles. The van der Waals surface area contributed by atoms with E-state index < -0.39 is 6.03 Å². The van der Waals surface area contributed by atoms with Crippen molar-refractivity contribution in [1.82, 2.24) is 10.2 Å². The van der Waals surface area contributed by atoms with Gasteiger partial charge in [0.2, 0.25) is 0 Å². The molecule has 0 bridgehead atoms. The van der Waals surface area contributed by atoms with Gasteiger partial charge < -0.3 is 10.1 Å². The number of amides is 3. The highest BCUT2D eigenvalue weighted by molar-refractivity contribution is 14.1. The molecule has 7 heteroatoms. The Morgan fingerprint density at radius 1 is 1.00 bits per heavy atom. The molecule has 29 heavy (non-hydrogen) atoms. The molecule has 1 saturated heterocycles. The highest BCUT2D eigenvalue weighted by Crippen LogP contribution is 2.31. The van der Waals surface area contributed by atoms with Crippen LogP contribution in [0.5, 0.6) is 5.75 Å². The third-order valence-corrected chi connectivity index (χ3v) is 6.21. The summed E-state index contributed by atoms with van der Waals surface area (Å²) in [6.07, 6.45) is 1.68. The number of benzene rings is 3. The van der Waals surface area contributed by atoms with Gasteiger partial charge in [0.1, 0.15) is 18.1 Å². The fourth-order valence-corrected chi connectivity index (χ4v) is 5.20. The smallest absolute Gasteiger partial charge is 0.328 e. The predicted molar refractivity (Wildman–Crippen MR) is 129 cm³/mol. The fourth-order valence-electron chi connectivity index (χ4n) is 3.07. The number of likely N-dealkylation sites (N-methyl/N-ethyl adjacent to an activating group) is 1. The lowest BCUT2D eigenvalue weighted by Gasteiger charge is -2.12. The quantitative estimate of drug-likeness (QED) is 0.253. The van der Waals surface area contributed by atoms with Crippen LogP contribution in [0.15, 0.2) is 60.3 Å².